The molecular weight excluding hydrogens is 188 g/mol. The predicted octanol–water partition coefficient (Wildman–Crippen LogP) is 2.74. The molecule has 0 spiro atoms. The molecule has 0 aromatic rings. The summed E-state index contributed by atoms with van der Waals surface area (Å²) in [6, 6.07) is 0. The Hall–Kier alpha value is -0.0800. The standard InChI is InChI=1S/C13H24O2/c1-3-4-9(2)7-12(14)11-8-10-5-6-13(11)15-10/h9-14H,3-8H2,1-2H3. The number of aliphatic hydroxyl groups is 1. The van der Waals surface area contributed by atoms with E-state index in [0.717, 1.165) is 12.8 Å². The maximum absolute atomic E-state index is 10.2. The van der Waals surface area contributed by atoms with Crippen LogP contribution in [0.4, 0.5) is 0 Å². The summed E-state index contributed by atoms with van der Waals surface area (Å²) in [5, 5.41) is 10.2. The van der Waals surface area contributed by atoms with Crippen LogP contribution in [0.15, 0.2) is 0 Å². The van der Waals surface area contributed by atoms with Gasteiger partial charge in [0.15, 0.2) is 0 Å². The van der Waals surface area contributed by atoms with Crippen LogP contribution < -0.4 is 0 Å². The normalized spacial score (nSPS) is 38.2. The SMILES string of the molecule is CCCC(C)CC(O)C1CC2CCC1O2. The summed E-state index contributed by atoms with van der Waals surface area (Å²) in [6.07, 6.45) is 7.64. The van der Waals surface area contributed by atoms with E-state index in [1.165, 1.54) is 25.7 Å². The van der Waals surface area contributed by atoms with Gasteiger partial charge in [-0.2, -0.15) is 0 Å². The number of rotatable bonds is 5. The topological polar surface area (TPSA) is 29.5 Å². The van der Waals surface area contributed by atoms with E-state index in [2.05, 4.69) is 13.8 Å². The fourth-order valence-electron chi connectivity index (χ4n) is 3.28. The fraction of sp³-hybridized carbons (Fsp3) is 1.00. The second-order valence-electron chi connectivity index (χ2n) is 5.47. The Bertz CT molecular complexity index is 205. The van der Waals surface area contributed by atoms with Crippen molar-refractivity contribution in [2.24, 2.45) is 11.8 Å². The second kappa shape index (κ2) is 4.84. The molecule has 1 N–H and O–H groups in total. The van der Waals surface area contributed by atoms with Gasteiger partial charge in [-0.3, -0.25) is 0 Å². The van der Waals surface area contributed by atoms with Crippen molar-refractivity contribution in [3.8, 4) is 0 Å². The Morgan fingerprint density at radius 2 is 2.20 bits per heavy atom. The fourth-order valence-corrected chi connectivity index (χ4v) is 3.28. The van der Waals surface area contributed by atoms with Gasteiger partial charge in [-0.15, -0.1) is 0 Å². The molecule has 0 amide bonds. The van der Waals surface area contributed by atoms with E-state index in [1.807, 2.05) is 0 Å². The second-order valence-corrected chi connectivity index (χ2v) is 5.47. The van der Waals surface area contributed by atoms with Crippen molar-refractivity contribution in [3.63, 3.8) is 0 Å². The molecule has 88 valence electrons. The summed E-state index contributed by atoms with van der Waals surface area (Å²) in [5.41, 5.74) is 0. The highest BCUT2D eigenvalue weighted by Gasteiger charge is 2.43. The summed E-state index contributed by atoms with van der Waals surface area (Å²) in [6.45, 7) is 4.46. The molecule has 5 atom stereocenters. The molecule has 0 aromatic carbocycles. The largest absolute Gasteiger partial charge is 0.393 e. The Kier molecular flexibility index (Phi) is 3.68. The number of aliphatic hydroxyl groups excluding tert-OH is 1. The molecule has 0 radical (unpaired) electrons. The third-order valence-electron chi connectivity index (χ3n) is 4.07. The lowest BCUT2D eigenvalue weighted by molar-refractivity contribution is 0.0312. The molecule has 2 bridgehead atoms. The average Bonchev–Trinajstić information content (AvgIpc) is 2.78. The first-order chi connectivity index (χ1) is 7.20. The van der Waals surface area contributed by atoms with Crippen molar-refractivity contribution in [2.75, 3.05) is 0 Å². The lowest BCUT2D eigenvalue weighted by Gasteiger charge is -2.26. The van der Waals surface area contributed by atoms with Gasteiger partial charge in [0.05, 0.1) is 18.3 Å². The van der Waals surface area contributed by atoms with E-state index in [0.29, 0.717) is 24.0 Å². The number of ether oxygens (including phenoxy) is 1. The minimum absolute atomic E-state index is 0.123. The molecule has 2 fully saturated rings. The van der Waals surface area contributed by atoms with E-state index >= 15 is 0 Å². The molecule has 2 heteroatoms. The highest BCUT2D eigenvalue weighted by molar-refractivity contribution is 4.92. The van der Waals surface area contributed by atoms with Gasteiger partial charge < -0.3 is 9.84 Å². The highest BCUT2D eigenvalue weighted by atomic mass is 16.5. The van der Waals surface area contributed by atoms with E-state index < -0.39 is 0 Å². The van der Waals surface area contributed by atoms with Crippen LogP contribution in [-0.4, -0.2) is 23.4 Å². The summed E-state index contributed by atoms with van der Waals surface area (Å²) in [4.78, 5) is 0. The molecule has 2 nitrogen and oxygen atoms in total. The van der Waals surface area contributed by atoms with Crippen LogP contribution in [0, 0.1) is 11.8 Å². The minimum Gasteiger partial charge on any atom is -0.393 e. The van der Waals surface area contributed by atoms with Crippen LogP contribution >= 0.6 is 0 Å². The van der Waals surface area contributed by atoms with Crippen LogP contribution in [-0.2, 0) is 4.74 Å². The van der Waals surface area contributed by atoms with Crippen LogP contribution in [0.2, 0.25) is 0 Å². The van der Waals surface area contributed by atoms with E-state index in [1.54, 1.807) is 0 Å². The molecule has 2 saturated heterocycles. The van der Waals surface area contributed by atoms with Gasteiger partial charge >= 0.3 is 0 Å². The Morgan fingerprint density at radius 1 is 1.40 bits per heavy atom. The van der Waals surface area contributed by atoms with Gasteiger partial charge in [-0.1, -0.05) is 26.7 Å². The van der Waals surface area contributed by atoms with Gasteiger partial charge in [0.25, 0.3) is 0 Å². The zero-order valence-corrected chi connectivity index (χ0v) is 9.98. The molecule has 0 saturated carbocycles. The van der Waals surface area contributed by atoms with E-state index in [-0.39, 0.29) is 6.10 Å². The van der Waals surface area contributed by atoms with Gasteiger partial charge in [0, 0.05) is 5.92 Å². The average molecular weight is 212 g/mol. The number of hydrogen-bond donors (Lipinski definition) is 1. The predicted molar refractivity (Wildman–Crippen MR) is 60.7 cm³/mol. The third kappa shape index (κ3) is 2.54. The van der Waals surface area contributed by atoms with Gasteiger partial charge in [-0.25, -0.2) is 0 Å². The van der Waals surface area contributed by atoms with Crippen molar-refractivity contribution in [2.45, 2.75) is 70.7 Å². The lowest BCUT2D eigenvalue weighted by Crippen LogP contribution is -2.30. The first-order valence-electron chi connectivity index (χ1n) is 6.54. The molecule has 15 heavy (non-hydrogen) atoms. The molecule has 2 aliphatic heterocycles. The zero-order chi connectivity index (χ0) is 10.8. The van der Waals surface area contributed by atoms with Crippen molar-refractivity contribution in [1.82, 2.24) is 0 Å². The van der Waals surface area contributed by atoms with Crippen molar-refractivity contribution >= 4 is 0 Å². The third-order valence-corrected chi connectivity index (χ3v) is 4.07. The maximum Gasteiger partial charge on any atom is 0.0633 e. The number of fused-ring (bicyclic) bond motifs is 2. The molecule has 2 heterocycles. The van der Waals surface area contributed by atoms with E-state index in [9.17, 15) is 5.11 Å². The highest BCUT2D eigenvalue weighted by Crippen LogP contribution is 2.41. The quantitative estimate of drug-likeness (QED) is 0.759. The lowest BCUT2D eigenvalue weighted by atomic mass is 9.81. The van der Waals surface area contributed by atoms with Crippen LogP contribution in [0.5, 0.6) is 0 Å². The monoisotopic (exact) mass is 212 g/mol. The molecule has 0 aromatic heterocycles. The molecular formula is C13H24O2. The van der Waals surface area contributed by atoms with Gasteiger partial charge in [0.1, 0.15) is 0 Å². The Labute approximate surface area is 93.0 Å². The summed E-state index contributed by atoms with van der Waals surface area (Å²) in [5.74, 6) is 1.09. The number of hydrogen-bond acceptors (Lipinski definition) is 2. The summed E-state index contributed by atoms with van der Waals surface area (Å²) in [7, 11) is 0. The summed E-state index contributed by atoms with van der Waals surface area (Å²) >= 11 is 0. The van der Waals surface area contributed by atoms with Crippen LogP contribution in [0.25, 0.3) is 0 Å². The molecule has 0 aliphatic carbocycles. The maximum atomic E-state index is 10.2. The molecule has 5 unspecified atom stereocenters. The molecule has 2 rings (SSSR count). The molecule has 2 aliphatic rings. The van der Waals surface area contributed by atoms with Crippen LogP contribution in [0.1, 0.15) is 52.4 Å². The van der Waals surface area contributed by atoms with Gasteiger partial charge in [0.2, 0.25) is 0 Å². The van der Waals surface area contributed by atoms with Crippen molar-refractivity contribution < 1.29 is 9.84 Å². The first-order valence-corrected chi connectivity index (χ1v) is 6.54. The summed E-state index contributed by atoms with van der Waals surface area (Å²) < 4.78 is 5.79. The minimum atomic E-state index is -0.123. The van der Waals surface area contributed by atoms with Crippen LogP contribution in [0.3, 0.4) is 0 Å². The van der Waals surface area contributed by atoms with E-state index in [4.69, 9.17) is 4.74 Å². The smallest absolute Gasteiger partial charge is 0.0633 e. The Balaban J connectivity index is 1.78. The first kappa shape index (κ1) is 11.4. The van der Waals surface area contributed by atoms with Crippen molar-refractivity contribution in [3.05, 3.63) is 0 Å². The van der Waals surface area contributed by atoms with Gasteiger partial charge in [-0.05, 0) is 31.6 Å². The van der Waals surface area contributed by atoms with Crippen molar-refractivity contribution in [1.29, 1.82) is 0 Å². The zero-order valence-electron chi connectivity index (χ0n) is 9.98. The Morgan fingerprint density at radius 3 is 2.73 bits per heavy atom.